The summed E-state index contributed by atoms with van der Waals surface area (Å²) in [4.78, 5) is 0. The van der Waals surface area contributed by atoms with Crippen LogP contribution in [-0.2, 0) is 0 Å². The lowest BCUT2D eigenvalue weighted by atomic mass is 9.96. The van der Waals surface area contributed by atoms with Gasteiger partial charge in [0, 0.05) is 32.9 Å². The van der Waals surface area contributed by atoms with E-state index in [4.69, 9.17) is 0 Å². The predicted molar refractivity (Wildman–Crippen MR) is 216 cm³/mol. The molecule has 0 aliphatic heterocycles. The first kappa shape index (κ1) is 29.3. The van der Waals surface area contributed by atoms with E-state index in [2.05, 4.69) is 204 Å². The molecule has 51 heavy (non-hydrogen) atoms. The highest BCUT2D eigenvalue weighted by Crippen LogP contribution is 2.39. The molecule has 0 spiro atoms. The molecule has 0 aliphatic rings. The molecule has 8 aromatic carbocycles. The SMILES string of the molecule is Cc1ccc(-c2ccc(-c3cc(-c4ccccc4)cc(-n4c5ccccc5c5cc(-n6c7ccccc7c7ccccc76)ccc54)c3)cc2)cc1. The highest BCUT2D eigenvalue weighted by atomic mass is 15.0. The first-order valence-electron chi connectivity index (χ1n) is 17.6. The Kier molecular flexibility index (Phi) is 6.75. The van der Waals surface area contributed by atoms with Gasteiger partial charge in [-0.05, 0) is 94.9 Å². The molecule has 0 saturated carbocycles. The molecule has 2 aromatic heterocycles. The Bertz CT molecular complexity index is 2840. The maximum absolute atomic E-state index is 2.44. The number of para-hydroxylation sites is 3. The molecule has 0 saturated heterocycles. The largest absolute Gasteiger partial charge is 0.309 e. The molecule has 10 aromatic rings. The van der Waals surface area contributed by atoms with Gasteiger partial charge >= 0.3 is 0 Å². The summed E-state index contributed by atoms with van der Waals surface area (Å²) in [5.41, 5.74) is 15.6. The predicted octanol–water partition coefficient (Wildman–Crippen LogP) is 13.2. The first-order chi connectivity index (χ1) is 25.2. The number of aryl methyl sites for hydroxylation is 1. The number of rotatable bonds is 5. The Morgan fingerprint density at radius 2 is 0.686 bits per heavy atom. The summed E-state index contributed by atoms with van der Waals surface area (Å²) in [5, 5.41) is 5.02. The Morgan fingerprint density at radius 3 is 1.25 bits per heavy atom. The second-order valence-electron chi connectivity index (χ2n) is 13.5. The number of hydrogen-bond acceptors (Lipinski definition) is 0. The van der Waals surface area contributed by atoms with E-state index in [0.29, 0.717) is 0 Å². The summed E-state index contributed by atoms with van der Waals surface area (Å²) in [5.74, 6) is 0. The Labute approximate surface area is 297 Å². The van der Waals surface area contributed by atoms with E-state index in [0.717, 1.165) is 11.4 Å². The van der Waals surface area contributed by atoms with Gasteiger partial charge in [0.15, 0.2) is 0 Å². The minimum absolute atomic E-state index is 1.14. The van der Waals surface area contributed by atoms with Crippen molar-refractivity contribution >= 4 is 43.6 Å². The molecule has 0 amide bonds. The van der Waals surface area contributed by atoms with Crippen molar-refractivity contribution in [3.05, 3.63) is 194 Å². The number of nitrogens with zero attached hydrogens (tertiary/aromatic N) is 2. The summed E-state index contributed by atoms with van der Waals surface area (Å²) >= 11 is 0. The third-order valence-corrected chi connectivity index (χ3v) is 10.4. The standard InChI is InChI=1S/C49H34N2/c1-33-19-21-35(22-20-33)36-23-25-37(26-24-36)39-29-38(34-11-3-2-4-12-34)30-41(31-39)51-48-18-10-7-15-44(48)45-32-40(27-28-49(45)51)50-46-16-8-5-13-42(46)43-14-6-9-17-47(43)50/h2-32H,1H3. The first-order valence-corrected chi connectivity index (χ1v) is 17.6. The maximum Gasteiger partial charge on any atom is 0.0542 e. The molecular formula is C49H34N2. The Hall–Kier alpha value is -6.64. The van der Waals surface area contributed by atoms with Crippen LogP contribution in [0.2, 0.25) is 0 Å². The Balaban J connectivity index is 1.18. The van der Waals surface area contributed by atoms with E-state index in [9.17, 15) is 0 Å². The van der Waals surface area contributed by atoms with Gasteiger partial charge in [-0.2, -0.15) is 0 Å². The molecule has 2 nitrogen and oxygen atoms in total. The van der Waals surface area contributed by atoms with Crippen LogP contribution in [0, 0.1) is 6.92 Å². The van der Waals surface area contributed by atoms with E-state index in [1.165, 1.54) is 82.6 Å². The monoisotopic (exact) mass is 650 g/mol. The molecule has 2 heterocycles. The fourth-order valence-corrected chi connectivity index (χ4v) is 7.88. The third-order valence-electron chi connectivity index (χ3n) is 10.4. The van der Waals surface area contributed by atoms with Gasteiger partial charge < -0.3 is 9.13 Å². The second kappa shape index (κ2) is 11.8. The summed E-state index contributed by atoms with van der Waals surface area (Å²) in [6, 6.07) is 68.7. The summed E-state index contributed by atoms with van der Waals surface area (Å²) in [6.07, 6.45) is 0. The minimum Gasteiger partial charge on any atom is -0.309 e. The number of fused-ring (bicyclic) bond motifs is 6. The van der Waals surface area contributed by atoms with Gasteiger partial charge in [0.25, 0.3) is 0 Å². The van der Waals surface area contributed by atoms with Crippen molar-refractivity contribution in [3.8, 4) is 44.8 Å². The Morgan fingerprint density at radius 1 is 0.275 bits per heavy atom. The van der Waals surface area contributed by atoms with Gasteiger partial charge in [-0.1, -0.05) is 139 Å². The molecular weight excluding hydrogens is 617 g/mol. The van der Waals surface area contributed by atoms with E-state index < -0.39 is 0 Å². The summed E-state index contributed by atoms with van der Waals surface area (Å²) < 4.78 is 4.85. The lowest BCUT2D eigenvalue weighted by Gasteiger charge is -2.15. The van der Waals surface area contributed by atoms with Crippen LogP contribution >= 0.6 is 0 Å². The van der Waals surface area contributed by atoms with Crippen LogP contribution in [0.1, 0.15) is 5.56 Å². The van der Waals surface area contributed by atoms with Gasteiger partial charge in [-0.25, -0.2) is 0 Å². The van der Waals surface area contributed by atoms with E-state index >= 15 is 0 Å². The molecule has 0 unspecified atom stereocenters. The molecule has 2 heteroatoms. The van der Waals surface area contributed by atoms with Crippen LogP contribution in [0.15, 0.2) is 188 Å². The average molecular weight is 651 g/mol. The molecule has 240 valence electrons. The topological polar surface area (TPSA) is 9.86 Å². The molecule has 0 radical (unpaired) electrons. The van der Waals surface area contributed by atoms with Crippen LogP contribution < -0.4 is 0 Å². The van der Waals surface area contributed by atoms with Crippen LogP contribution in [0.5, 0.6) is 0 Å². The molecule has 0 aliphatic carbocycles. The fourth-order valence-electron chi connectivity index (χ4n) is 7.88. The van der Waals surface area contributed by atoms with Gasteiger partial charge in [-0.15, -0.1) is 0 Å². The molecule has 0 N–H and O–H groups in total. The van der Waals surface area contributed by atoms with Gasteiger partial charge in [0.1, 0.15) is 0 Å². The second-order valence-corrected chi connectivity index (χ2v) is 13.5. The van der Waals surface area contributed by atoms with Crippen LogP contribution in [0.25, 0.3) is 88.4 Å². The zero-order valence-corrected chi connectivity index (χ0v) is 28.3. The van der Waals surface area contributed by atoms with Crippen molar-refractivity contribution in [2.24, 2.45) is 0 Å². The summed E-state index contributed by atoms with van der Waals surface area (Å²) in [7, 11) is 0. The van der Waals surface area contributed by atoms with E-state index in [-0.39, 0.29) is 0 Å². The van der Waals surface area contributed by atoms with E-state index in [1.807, 2.05) is 0 Å². The van der Waals surface area contributed by atoms with E-state index in [1.54, 1.807) is 0 Å². The zero-order valence-electron chi connectivity index (χ0n) is 28.3. The lowest BCUT2D eigenvalue weighted by molar-refractivity contribution is 1.17. The zero-order chi connectivity index (χ0) is 33.9. The third kappa shape index (κ3) is 4.87. The molecule has 0 fully saturated rings. The molecule has 10 rings (SSSR count). The smallest absolute Gasteiger partial charge is 0.0542 e. The van der Waals surface area contributed by atoms with Crippen LogP contribution in [-0.4, -0.2) is 9.13 Å². The van der Waals surface area contributed by atoms with Crippen molar-refractivity contribution in [1.82, 2.24) is 9.13 Å². The van der Waals surface area contributed by atoms with Gasteiger partial charge in [0.2, 0.25) is 0 Å². The molecule has 0 atom stereocenters. The van der Waals surface area contributed by atoms with Crippen molar-refractivity contribution in [1.29, 1.82) is 0 Å². The highest BCUT2D eigenvalue weighted by molar-refractivity contribution is 6.12. The minimum atomic E-state index is 1.14. The summed E-state index contributed by atoms with van der Waals surface area (Å²) in [6.45, 7) is 2.13. The number of benzene rings is 8. The normalized spacial score (nSPS) is 11.6. The van der Waals surface area contributed by atoms with Crippen molar-refractivity contribution in [2.75, 3.05) is 0 Å². The lowest BCUT2D eigenvalue weighted by Crippen LogP contribution is -1.97. The van der Waals surface area contributed by atoms with Crippen molar-refractivity contribution in [2.45, 2.75) is 6.92 Å². The molecule has 0 bridgehead atoms. The number of hydrogen-bond donors (Lipinski definition) is 0. The average Bonchev–Trinajstić information content (AvgIpc) is 3.71. The highest BCUT2D eigenvalue weighted by Gasteiger charge is 2.17. The van der Waals surface area contributed by atoms with Gasteiger partial charge in [-0.3, -0.25) is 0 Å². The van der Waals surface area contributed by atoms with Crippen LogP contribution in [0.3, 0.4) is 0 Å². The van der Waals surface area contributed by atoms with Crippen LogP contribution in [0.4, 0.5) is 0 Å². The quantitative estimate of drug-likeness (QED) is 0.175. The fraction of sp³-hybridized carbons (Fsp3) is 0.0204. The van der Waals surface area contributed by atoms with Crippen molar-refractivity contribution in [3.63, 3.8) is 0 Å². The van der Waals surface area contributed by atoms with Gasteiger partial charge in [0.05, 0.1) is 22.1 Å². The van der Waals surface area contributed by atoms with Crippen molar-refractivity contribution < 1.29 is 0 Å². The number of aromatic nitrogens is 2. The maximum atomic E-state index is 2.44.